The molecule has 9 nitrogen and oxygen atoms in total. The highest BCUT2D eigenvalue weighted by atomic mass is 35.5. The van der Waals surface area contributed by atoms with Crippen LogP contribution in [0.5, 0.6) is 0 Å². The van der Waals surface area contributed by atoms with Crippen LogP contribution in [0, 0.1) is 0 Å². The van der Waals surface area contributed by atoms with Crippen LogP contribution in [0.25, 0.3) is 21.5 Å². The number of carboxylic acid groups (broad SMARTS) is 1. The number of hydrogen-bond donors (Lipinski definition) is 2. The summed E-state index contributed by atoms with van der Waals surface area (Å²) in [6, 6.07) is 12.4. The number of fused-ring (bicyclic) bond motifs is 1. The van der Waals surface area contributed by atoms with E-state index in [1.54, 1.807) is 22.8 Å². The number of rotatable bonds is 6. The van der Waals surface area contributed by atoms with E-state index in [2.05, 4.69) is 23.9 Å². The van der Waals surface area contributed by atoms with Crippen molar-refractivity contribution in [2.45, 2.75) is 50.2 Å². The van der Waals surface area contributed by atoms with Crippen molar-refractivity contribution in [1.82, 2.24) is 14.6 Å². The number of hydrogen-bond acceptors (Lipinski definition) is 8. The first-order valence-corrected chi connectivity index (χ1v) is 15.3. The average molecular weight is 579 g/mol. The van der Waals surface area contributed by atoms with E-state index >= 15 is 0 Å². The highest BCUT2D eigenvalue weighted by Crippen LogP contribution is 2.32. The third kappa shape index (κ3) is 6.65. The molecular weight excluding hydrogens is 548 g/mol. The number of carbonyl (C=O) groups is 1. The SMILES string of the molecule is CC(C)N1CCC(N)CC1.CS(=O)(=O)c1ccc2c(c1)cc(C(=O)O)n2Cc1cc(-c2ccc(Cl)s2)on1. The van der Waals surface area contributed by atoms with Crippen molar-refractivity contribution < 1.29 is 22.8 Å². The summed E-state index contributed by atoms with van der Waals surface area (Å²) in [6.45, 7) is 7.04. The zero-order chi connectivity index (χ0) is 27.6. The Kier molecular flexibility index (Phi) is 8.63. The van der Waals surface area contributed by atoms with E-state index in [9.17, 15) is 18.3 Å². The highest BCUT2D eigenvalue weighted by Gasteiger charge is 2.19. The van der Waals surface area contributed by atoms with E-state index in [1.165, 1.54) is 55.5 Å². The average Bonchev–Trinajstić information content (AvgIpc) is 3.58. The molecule has 5 rings (SSSR count). The molecule has 0 radical (unpaired) electrons. The maximum absolute atomic E-state index is 11.8. The number of aromatic carboxylic acids is 1. The topological polar surface area (TPSA) is 132 Å². The summed E-state index contributed by atoms with van der Waals surface area (Å²) >= 11 is 7.29. The van der Waals surface area contributed by atoms with Crippen LogP contribution in [0.3, 0.4) is 0 Å². The smallest absolute Gasteiger partial charge is 0.352 e. The van der Waals surface area contributed by atoms with Gasteiger partial charge in [-0.3, -0.25) is 0 Å². The third-order valence-electron chi connectivity index (χ3n) is 6.52. The quantitative estimate of drug-likeness (QED) is 0.327. The number of carboxylic acids is 1. The summed E-state index contributed by atoms with van der Waals surface area (Å²) in [6.07, 6.45) is 3.47. The Morgan fingerprint density at radius 3 is 2.50 bits per heavy atom. The van der Waals surface area contributed by atoms with Crippen LogP contribution in [-0.4, -0.2) is 65.5 Å². The van der Waals surface area contributed by atoms with Crippen LogP contribution in [0.15, 0.2) is 51.9 Å². The number of benzene rings is 1. The summed E-state index contributed by atoms with van der Waals surface area (Å²) < 4.78 is 31.1. The molecule has 1 aromatic carbocycles. The minimum Gasteiger partial charge on any atom is -0.477 e. The van der Waals surface area contributed by atoms with Gasteiger partial charge in [0, 0.05) is 35.3 Å². The second-order valence-electron chi connectivity index (χ2n) is 9.67. The maximum atomic E-state index is 11.8. The maximum Gasteiger partial charge on any atom is 0.352 e. The summed E-state index contributed by atoms with van der Waals surface area (Å²) in [4.78, 5) is 15.1. The van der Waals surface area contributed by atoms with E-state index in [1.807, 2.05) is 6.07 Å². The number of halogens is 1. The summed E-state index contributed by atoms with van der Waals surface area (Å²) in [5.74, 6) is -0.578. The number of nitrogens with two attached hydrogens (primary N) is 1. The molecular formula is C26H31ClN4O5S2. The second kappa shape index (κ2) is 11.6. The molecule has 3 N–H and O–H groups in total. The zero-order valence-corrected chi connectivity index (χ0v) is 23.8. The molecule has 1 fully saturated rings. The van der Waals surface area contributed by atoms with E-state index in [-0.39, 0.29) is 17.1 Å². The van der Waals surface area contributed by atoms with Crippen LogP contribution < -0.4 is 5.73 Å². The highest BCUT2D eigenvalue weighted by molar-refractivity contribution is 7.90. The summed E-state index contributed by atoms with van der Waals surface area (Å²) in [5, 5.41) is 14.1. The molecule has 0 spiro atoms. The molecule has 1 aliphatic heterocycles. The Morgan fingerprint density at radius 1 is 1.21 bits per heavy atom. The molecule has 0 unspecified atom stereocenters. The van der Waals surface area contributed by atoms with Crippen molar-refractivity contribution in [2.24, 2.45) is 5.73 Å². The van der Waals surface area contributed by atoms with Crippen LogP contribution in [0.2, 0.25) is 4.34 Å². The van der Waals surface area contributed by atoms with Crippen molar-refractivity contribution in [3.8, 4) is 10.6 Å². The molecule has 0 atom stereocenters. The fourth-order valence-corrected chi connectivity index (χ4v) is 6.02. The molecule has 1 aliphatic rings. The lowest BCUT2D eigenvalue weighted by Crippen LogP contribution is -2.42. The summed E-state index contributed by atoms with van der Waals surface area (Å²) in [5.41, 5.74) is 6.93. The molecule has 204 valence electrons. The van der Waals surface area contributed by atoms with E-state index < -0.39 is 15.8 Å². The van der Waals surface area contributed by atoms with Crippen LogP contribution in [0.4, 0.5) is 0 Å². The Labute approximate surface area is 230 Å². The number of likely N-dealkylation sites (tertiary alicyclic amines) is 1. The lowest BCUT2D eigenvalue weighted by molar-refractivity contribution is 0.0686. The van der Waals surface area contributed by atoms with Crippen molar-refractivity contribution >= 4 is 49.6 Å². The molecule has 0 amide bonds. The normalized spacial score (nSPS) is 15.1. The van der Waals surface area contributed by atoms with Gasteiger partial charge < -0.3 is 24.8 Å². The first kappa shape index (κ1) is 28.3. The molecule has 3 aromatic heterocycles. The van der Waals surface area contributed by atoms with Crippen LogP contribution in [0.1, 0.15) is 42.9 Å². The van der Waals surface area contributed by atoms with Gasteiger partial charge in [0.15, 0.2) is 15.6 Å². The molecule has 12 heteroatoms. The number of thiophene rings is 1. The van der Waals surface area contributed by atoms with Crippen molar-refractivity contribution in [3.05, 3.63) is 58.2 Å². The fourth-order valence-electron chi connectivity index (χ4n) is 4.37. The Bertz CT molecular complexity index is 1530. The lowest BCUT2D eigenvalue weighted by atomic mass is 10.1. The van der Waals surface area contributed by atoms with Gasteiger partial charge in [-0.1, -0.05) is 16.8 Å². The molecule has 4 heterocycles. The molecule has 4 aromatic rings. The van der Waals surface area contributed by atoms with Gasteiger partial charge in [0.1, 0.15) is 11.4 Å². The number of nitrogens with zero attached hydrogens (tertiary/aromatic N) is 3. The van der Waals surface area contributed by atoms with Crippen LogP contribution in [-0.2, 0) is 16.4 Å². The molecule has 0 bridgehead atoms. The first-order valence-electron chi connectivity index (χ1n) is 12.2. The lowest BCUT2D eigenvalue weighted by Gasteiger charge is -2.32. The summed E-state index contributed by atoms with van der Waals surface area (Å²) in [7, 11) is -3.40. The predicted molar refractivity (Wildman–Crippen MR) is 150 cm³/mol. The monoisotopic (exact) mass is 578 g/mol. The van der Waals surface area contributed by atoms with Gasteiger partial charge in [-0.2, -0.15) is 0 Å². The number of piperidine rings is 1. The predicted octanol–water partition coefficient (Wildman–Crippen LogP) is 4.98. The van der Waals surface area contributed by atoms with Crippen molar-refractivity contribution in [3.63, 3.8) is 0 Å². The van der Waals surface area contributed by atoms with Crippen molar-refractivity contribution in [2.75, 3.05) is 19.3 Å². The van der Waals surface area contributed by atoms with E-state index in [0.29, 0.717) is 38.8 Å². The van der Waals surface area contributed by atoms with Crippen molar-refractivity contribution in [1.29, 1.82) is 0 Å². The second-order valence-corrected chi connectivity index (χ2v) is 13.4. The van der Waals surface area contributed by atoms with E-state index in [4.69, 9.17) is 21.9 Å². The molecule has 1 saturated heterocycles. The Hall–Kier alpha value is -2.70. The Balaban J connectivity index is 0.000000283. The van der Waals surface area contributed by atoms with Gasteiger partial charge in [-0.15, -0.1) is 11.3 Å². The minimum absolute atomic E-state index is 0.0318. The van der Waals surface area contributed by atoms with Gasteiger partial charge >= 0.3 is 5.97 Å². The van der Waals surface area contributed by atoms with Gasteiger partial charge in [0.25, 0.3) is 0 Å². The standard InChI is InChI=1S/C18H13ClN2O5S2.C8H18N2/c1-28(24,25)12-2-3-13-10(6-12)7-14(18(22)23)21(13)9-11-8-15(26-20-11)16-4-5-17(19)27-16;1-7(2)10-5-3-8(9)4-6-10/h2-8H,9H2,1H3,(H,22,23);7-8H,3-6,9H2,1-2H3. The Morgan fingerprint density at radius 2 is 1.92 bits per heavy atom. The molecule has 38 heavy (non-hydrogen) atoms. The largest absolute Gasteiger partial charge is 0.477 e. The molecule has 0 saturated carbocycles. The molecule has 0 aliphatic carbocycles. The third-order valence-corrected chi connectivity index (χ3v) is 8.88. The van der Waals surface area contributed by atoms with Gasteiger partial charge in [0.05, 0.1) is 20.7 Å². The van der Waals surface area contributed by atoms with E-state index in [0.717, 1.165) is 11.1 Å². The van der Waals surface area contributed by atoms with Crippen LogP contribution >= 0.6 is 22.9 Å². The zero-order valence-electron chi connectivity index (χ0n) is 21.4. The number of sulfone groups is 1. The van der Waals surface area contributed by atoms with Gasteiger partial charge in [-0.25, -0.2) is 13.2 Å². The van der Waals surface area contributed by atoms with Gasteiger partial charge in [0.2, 0.25) is 0 Å². The first-order chi connectivity index (χ1) is 17.9. The fraction of sp³-hybridized carbons (Fsp3) is 0.385. The number of aromatic nitrogens is 2. The minimum atomic E-state index is -3.40. The van der Waals surface area contributed by atoms with Gasteiger partial charge in [-0.05, 0) is 76.2 Å².